The first-order valence-corrected chi connectivity index (χ1v) is 7.45. The van der Waals surface area contributed by atoms with E-state index in [9.17, 15) is 15.0 Å². The van der Waals surface area contributed by atoms with Gasteiger partial charge in [-0.3, -0.25) is 14.9 Å². The van der Waals surface area contributed by atoms with E-state index in [1.54, 1.807) is 31.5 Å². The topological polar surface area (TPSA) is 115 Å². The maximum absolute atomic E-state index is 12.3. The Morgan fingerprint density at radius 2 is 2.22 bits per heavy atom. The Morgan fingerprint density at radius 1 is 1.48 bits per heavy atom. The quantitative estimate of drug-likeness (QED) is 0.719. The molecule has 2 aromatic heterocycles. The molecule has 3 heterocycles. The van der Waals surface area contributed by atoms with Crippen LogP contribution in [-0.4, -0.2) is 66.0 Å². The van der Waals surface area contributed by atoms with Crippen LogP contribution >= 0.6 is 0 Å². The van der Waals surface area contributed by atoms with Crippen LogP contribution < -0.4 is 0 Å². The van der Waals surface area contributed by atoms with Crippen molar-refractivity contribution in [2.24, 2.45) is 0 Å². The van der Waals surface area contributed by atoms with Gasteiger partial charge >= 0.3 is 0 Å². The summed E-state index contributed by atoms with van der Waals surface area (Å²) >= 11 is 0. The average molecular weight is 317 g/mol. The summed E-state index contributed by atoms with van der Waals surface area (Å²) in [5.74, 6) is 0.822. The number of nitrogens with zero attached hydrogens (tertiary/aromatic N) is 4. The molecule has 1 aliphatic heterocycles. The molecule has 1 saturated heterocycles. The predicted octanol–water partition coefficient (Wildman–Crippen LogP) is -0.247. The van der Waals surface area contributed by atoms with E-state index in [0.717, 1.165) is 5.56 Å². The fourth-order valence-electron chi connectivity index (χ4n) is 2.51. The lowest BCUT2D eigenvalue weighted by atomic mass is 9.90. The second-order valence-corrected chi connectivity index (χ2v) is 5.98. The van der Waals surface area contributed by atoms with E-state index in [-0.39, 0.29) is 18.9 Å². The third-order valence-electron chi connectivity index (χ3n) is 4.14. The van der Waals surface area contributed by atoms with Gasteiger partial charge in [0.2, 0.25) is 5.91 Å². The van der Waals surface area contributed by atoms with Crippen molar-refractivity contribution < 1.29 is 15.0 Å². The molecule has 0 radical (unpaired) electrons. The smallest absolute Gasteiger partial charge is 0.230 e. The molecular formula is C15H19N5O3. The highest BCUT2D eigenvalue weighted by atomic mass is 16.3. The number of likely N-dealkylation sites (tertiary alicyclic amines) is 1. The maximum atomic E-state index is 12.3. The zero-order valence-electron chi connectivity index (χ0n) is 12.8. The van der Waals surface area contributed by atoms with Gasteiger partial charge in [0.25, 0.3) is 0 Å². The molecule has 1 aliphatic rings. The lowest BCUT2D eigenvalue weighted by molar-refractivity contribution is -0.145. The van der Waals surface area contributed by atoms with Gasteiger partial charge in [-0.25, -0.2) is 4.98 Å². The summed E-state index contributed by atoms with van der Waals surface area (Å²) in [6, 6.07) is 3.58. The minimum absolute atomic E-state index is 0.0763. The molecule has 0 aliphatic carbocycles. The van der Waals surface area contributed by atoms with Crippen LogP contribution in [0.25, 0.3) is 11.4 Å². The van der Waals surface area contributed by atoms with Gasteiger partial charge in [0.1, 0.15) is 5.82 Å². The molecule has 1 fully saturated rings. The monoisotopic (exact) mass is 317 g/mol. The molecular weight excluding hydrogens is 298 g/mol. The molecule has 8 heteroatoms. The van der Waals surface area contributed by atoms with Gasteiger partial charge in [0.15, 0.2) is 5.82 Å². The molecule has 2 aromatic rings. The van der Waals surface area contributed by atoms with Crippen LogP contribution in [-0.2, 0) is 11.2 Å². The molecule has 8 nitrogen and oxygen atoms in total. The molecule has 3 rings (SSSR count). The van der Waals surface area contributed by atoms with Crippen LogP contribution in [0.2, 0.25) is 0 Å². The molecule has 23 heavy (non-hydrogen) atoms. The minimum Gasteiger partial charge on any atom is -0.388 e. The highest BCUT2D eigenvalue weighted by molar-refractivity contribution is 5.78. The molecule has 0 unspecified atom stereocenters. The van der Waals surface area contributed by atoms with Crippen molar-refractivity contribution in [3.8, 4) is 11.4 Å². The second kappa shape index (κ2) is 6.05. The number of aliphatic hydroxyl groups excluding tert-OH is 1. The first kappa shape index (κ1) is 15.6. The Balaban J connectivity index is 1.64. The maximum Gasteiger partial charge on any atom is 0.230 e. The number of piperidine rings is 1. The highest BCUT2D eigenvalue weighted by Crippen LogP contribution is 2.22. The van der Waals surface area contributed by atoms with Gasteiger partial charge < -0.3 is 15.1 Å². The summed E-state index contributed by atoms with van der Waals surface area (Å²) in [7, 11) is 0. The number of nitrogens with one attached hydrogen (secondary N) is 1. The Hall–Kier alpha value is -2.32. The van der Waals surface area contributed by atoms with E-state index in [0.29, 0.717) is 24.6 Å². The standard InChI is InChI=1S/C15H19N5O3/c1-15(23)4-7-20(9-11(15)21)13(22)8-12-17-14(19-18-12)10-2-5-16-6-3-10/h2-3,5-6,11,21,23H,4,7-9H2,1H3,(H,17,18,19)/t11-,15-/m0/s1. The van der Waals surface area contributed by atoms with Crippen LogP contribution in [0.5, 0.6) is 0 Å². The number of aliphatic hydroxyl groups is 2. The molecule has 1 amide bonds. The van der Waals surface area contributed by atoms with Crippen molar-refractivity contribution in [2.45, 2.75) is 31.5 Å². The zero-order valence-corrected chi connectivity index (χ0v) is 12.8. The normalized spacial score (nSPS) is 24.7. The predicted molar refractivity (Wildman–Crippen MR) is 81.1 cm³/mol. The SMILES string of the molecule is C[C@]1(O)CCN(C(=O)Cc2nc(-c3ccncc3)n[nH]2)C[C@@H]1O. The zero-order chi connectivity index (χ0) is 16.4. The number of hydrogen-bond donors (Lipinski definition) is 3. The van der Waals surface area contributed by atoms with Gasteiger partial charge in [-0.05, 0) is 25.5 Å². The molecule has 122 valence electrons. The average Bonchev–Trinajstić information content (AvgIpc) is 2.99. The van der Waals surface area contributed by atoms with Gasteiger partial charge in [-0.15, -0.1) is 0 Å². The molecule has 0 bridgehead atoms. The summed E-state index contributed by atoms with van der Waals surface area (Å²) < 4.78 is 0. The summed E-state index contributed by atoms with van der Waals surface area (Å²) in [6.07, 6.45) is 2.78. The fraction of sp³-hybridized carbons (Fsp3) is 0.467. The summed E-state index contributed by atoms with van der Waals surface area (Å²) in [5.41, 5.74) is -0.322. The van der Waals surface area contributed by atoms with Gasteiger partial charge in [-0.2, -0.15) is 5.10 Å². The Kier molecular flexibility index (Phi) is 4.10. The van der Waals surface area contributed by atoms with E-state index >= 15 is 0 Å². The third kappa shape index (κ3) is 3.38. The van der Waals surface area contributed by atoms with E-state index in [1.807, 2.05) is 0 Å². The molecule has 0 aromatic carbocycles. The Bertz CT molecular complexity index is 685. The van der Waals surface area contributed by atoms with E-state index in [2.05, 4.69) is 20.2 Å². The lowest BCUT2D eigenvalue weighted by Crippen LogP contribution is -2.55. The number of amides is 1. The second-order valence-electron chi connectivity index (χ2n) is 5.98. The number of H-pyrrole nitrogens is 1. The van der Waals surface area contributed by atoms with E-state index < -0.39 is 11.7 Å². The van der Waals surface area contributed by atoms with Crippen molar-refractivity contribution in [2.75, 3.05) is 13.1 Å². The van der Waals surface area contributed by atoms with E-state index in [4.69, 9.17) is 0 Å². The van der Waals surface area contributed by atoms with E-state index in [1.165, 1.54) is 4.90 Å². The van der Waals surface area contributed by atoms with Gasteiger partial charge in [-0.1, -0.05) is 0 Å². The van der Waals surface area contributed by atoms with Crippen LogP contribution in [0.4, 0.5) is 0 Å². The number of hydrogen-bond acceptors (Lipinski definition) is 6. The number of pyridine rings is 1. The summed E-state index contributed by atoms with van der Waals surface area (Å²) in [6.45, 7) is 2.11. The van der Waals surface area contributed by atoms with Crippen molar-refractivity contribution >= 4 is 5.91 Å². The van der Waals surface area contributed by atoms with Gasteiger partial charge in [0, 0.05) is 31.0 Å². The number of β-amino-alcohol motifs (C(OH)–C–C–N with tert-alkyl or cyclic N) is 1. The number of aromatic nitrogens is 4. The minimum atomic E-state index is -1.14. The first-order valence-electron chi connectivity index (χ1n) is 7.45. The van der Waals surface area contributed by atoms with Gasteiger partial charge in [0.05, 0.1) is 18.1 Å². The number of carbonyl (C=O) groups is 1. The molecule has 3 N–H and O–H groups in total. The molecule has 2 atom stereocenters. The van der Waals surface area contributed by atoms with Crippen LogP contribution in [0.15, 0.2) is 24.5 Å². The molecule has 0 spiro atoms. The van der Waals surface area contributed by atoms with Crippen molar-refractivity contribution in [3.63, 3.8) is 0 Å². The van der Waals surface area contributed by atoms with Crippen molar-refractivity contribution in [1.29, 1.82) is 0 Å². The largest absolute Gasteiger partial charge is 0.388 e. The molecule has 0 saturated carbocycles. The summed E-state index contributed by atoms with van der Waals surface area (Å²) in [4.78, 5) is 22.1. The van der Waals surface area contributed by atoms with Crippen LogP contribution in [0.3, 0.4) is 0 Å². The van der Waals surface area contributed by atoms with Crippen molar-refractivity contribution in [1.82, 2.24) is 25.1 Å². The lowest BCUT2D eigenvalue weighted by Gasteiger charge is -2.39. The number of rotatable bonds is 3. The number of aromatic amines is 1. The van der Waals surface area contributed by atoms with Crippen LogP contribution in [0, 0.1) is 0 Å². The number of carbonyl (C=O) groups excluding carboxylic acids is 1. The highest BCUT2D eigenvalue weighted by Gasteiger charge is 2.37. The Morgan fingerprint density at radius 3 is 2.91 bits per heavy atom. The first-order chi connectivity index (χ1) is 11.0. The summed E-state index contributed by atoms with van der Waals surface area (Å²) in [5, 5.41) is 26.7. The third-order valence-corrected chi connectivity index (χ3v) is 4.14. The van der Waals surface area contributed by atoms with Crippen molar-refractivity contribution in [3.05, 3.63) is 30.4 Å². The fourth-order valence-corrected chi connectivity index (χ4v) is 2.51. The van der Waals surface area contributed by atoms with Crippen LogP contribution in [0.1, 0.15) is 19.2 Å². The Labute approximate surface area is 133 Å².